The molecule has 1 amide bonds. The lowest BCUT2D eigenvalue weighted by molar-refractivity contribution is 0.0697. The zero-order valence-electron chi connectivity index (χ0n) is 18.4. The Morgan fingerprint density at radius 2 is 1.73 bits per heavy atom. The van der Waals surface area contributed by atoms with Gasteiger partial charge in [0.15, 0.2) is 0 Å². The van der Waals surface area contributed by atoms with Crippen LogP contribution in [0.2, 0.25) is 0 Å². The number of pyridine rings is 1. The summed E-state index contributed by atoms with van der Waals surface area (Å²) in [4.78, 5) is 36.5. The molecular weight excluding hydrogens is 418 g/mol. The number of nitrogens with one attached hydrogen (secondary N) is 2. The number of aromatic carboxylic acids is 1. The van der Waals surface area contributed by atoms with Crippen LogP contribution >= 0.6 is 0 Å². The average Bonchev–Trinajstić information content (AvgIpc) is 3.55. The summed E-state index contributed by atoms with van der Waals surface area (Å²) in [5.41, 5.74) is 4.10. The Morgan fingerprint density at radius 1 is 0.939 bits per heavy atom. The van der Waals surface area contributed by atoms with E-state index in [1.165, 1.54) is 0 Å². The molecule has 0 atom stereocenters. The Morgan fingerprint density at radius 3 is 2.48 bits per heavy atom. The zero-order valence-corrected chi connectivity index (χ0v) is 18.4. The molecule has 0 radical (unpaired) electrons. The third kappa shape index (κ3) is 4.34. The van der Waals surface area contributed by atoms with Crippen LogP contribution < -0.4 is 10.2 Å². The third-order valence-corrected chi connectivity index (χ3v) is 6.33. The fraction of sp³-hybridized carbons (Fsp3) is 0.320. The zero-order chi connectivity index (χ0) is 22.8. The fourth-order valence-electron chi connectivity index (χ4n) is 4.57. The lowest BCUT2D eigenvalue weighted by Crippen LogP contribution is -2.44. The largest absolute Gasteiger partial charge is 0.478 e. The topological polar surface area (TPSA) is 102 Å². The number of aromatic nitrogens is 2. The molecule has 2 aromatic heterocycles. The lowest BCUT2D eigenvalue weighted by atomic mass is 10.0. The van der Waals surface area contributed by atoms with E-state index in [1.807, 2.05) is 41.3 Å². The molecule has 8 heteroatoms. The summed E-state index contributed by atoms with van der Waals surface area (Å²) in [5.74, 6) is -0.259. The van der Waals surface area contributed by atoms with Gasteiger partial charge in [0.2, 0.25) is 0 Å². The number of piperazine rings is 1. The number of rotatable bonds is 5. The van der Waals surface area contributed by atoms with E-state index >= 15 is 0 Å². The maximum absolute atomic E-state index is 12.8. The molecular formula is C25H27N5O3. The van der Waals surface area contributed by atoms with Gasteiger partial charge in [-0.25, -0.2) is 4.79 Å². The van der Waals surface area contributed by atoms with Gasteiger partial charge < -0.3 is 25.2 Å². The molecule has 2 aliphatic heterocycles. The SMILES string of the molecule is O=C(O)c1cc(-c2ccnc(-c3cccc(C(=O)N4CCCC4)c3)c2)[nH]c1N1CCNCC1. The van der Waals surface area contributed by atoms with E-state index in [2.05, 4.69) is 20.2 Å². The normalized spacial score (nSPS) is 16.2. The Balaban J connectivity index is 1.46. The maximum Gasteiger partial charge on any atom is 0.339 e. The minimum atomic E-state index is -0.951. The van der Waals surface area contributed by atoms with Crippen molar-refractivity contribution >= 4 is 17.7 Å². The number of nitrogens with zero attached hydrogens (tertiary/aromatic N) is 3. The predicted octanol–water partition coefficient (Wildman–Crippen LogP) is 3.09. The second-order valence-corrected chi connectivity index (χ2v) is 8.50. The van der Waals surface area contributed by atoms with Gasteiger partial charge >= 0.3 is 5.97 Å². The van der Waals surface area contributed by atoms with E-state index in [0.29, 0.717) is 11.4 Å². The molecule has 170 valence electrons. The molecule has 2 aliphatic rings. The number of carboxylic acid groups (broad SMARTS) is 1. The standard InChI is InChI=1S/C25H27N5O3/c31-24(30-10-1-2-11-30)19-5-3-4-17(14-19)21-15-18(6-7-27-21)22-16-20(25(32)33)23(28-22)29-12-8-26-9-13-29/h3-7,14-16,26,28H,1-2,8-13H2,(H,32,33). The highest BCUT2D eigenvalue weighted by Crippen LogP contribution is 2.30. The van der Waals surface area contributed by atoms with Gasteiger partial charge in [-0.15, -0.1) is 0 Å². The van der Waals surface area contributed by atoms with Crippen LogP contribution in [-0.4, -0.2) is 71.1 Å². The first-order valence-electron chi connectivity index (χ1n) is 11.4. The van der Waals surface area contributed by atoms with E-state index in [-0.39, 0.29) is 11.5 Å². The Bertz CT molecular complexity index is 1180. The molecule has 0 unspecified atom stereocenters. The van der Waals surface area contributed by atoms with E-state index in [9.17, 15) is 14.7 Å². The van der Waals surface area contributed by atoms with E-state index < -0.39 is 5.97 Å². The predicted molar refractivity (Wildman–Crippen MR) is 127 cm³/mol. The summed E-state index contributed by atoms with van der Waals surface area (Å²) in [6, 6.07) is 13.0. The summed E-state index contributed by atoms with van der Waals surface area (Å²) in [5, 5.41) is 13.0. The first-order valence-corrected chi connectivity index (χ1v) is 11.4. The molecule has 4 heterocycles. The van der Waals surface area contributed by atoms with Crippen molar-refractivity contribution in [3.8, 4) is 22.5 Å². The van der Waals surface area contributed by atoms with Gasteiger partial charge in [0.05, 0.1) is 5.69 Å². The minimum Gasteiger partial charge on any atom is -0.478 e. The summed E-state index contributed by atoms with van der Waals surface area (Å²) >= 11 is 0. The van der Waals surface area contributed by atoms with Crippen LogP contribution in [0, 0.1) is 0 Å². The van der Waals surface area contributed by atoms with Crippen molar-refractivity contribution in [2.75, 3.05) is 44.2 Å². The van der Waals surface area contributed by atoms with Gasteiger partial charge in [-0.2, -0.15) is 0 Å². The van der Waals surface area contributed by atoms with Crippen LogP contribution in [0.25, 0.3) is 22.5 Å². The van der Waals surface area contributed by atoms with Crippen LogP contribution in [-0.2, 0) is 0 Å². The van der Waals surface area contributed by atoms with Gasteiger partial charge in [-0.1, -0.05) is 12.1 Å². The average molecular weight is 446 g/mol. The van der Waals surface area contributed by atoms with Crippen LogP contribution in [0.1, 0.15) is 33.6 Å². The van der Waals surface area contributed by atoms with Gasteiger partial charge in [0.25, 0.3) is 5.91 Å². The van der Waals surface area contributed by atoms with Crippen LogP contribution in [0.3, 0.4) is 0 Å². The van der Waals surface area contributed by atoms with Crippen molar-refractivity contribution in [1.82, 2.24) is 20.2 Å². The molecule has 33 heavy (non-hydrogen) atoms. The number of aromatic amines is 1. The molecule has 2 fully saturated rings. The van der Waals surface area contributed by atoms with Crippen LogP contribution in [0.4, 0.5) is 5.82 Å². The molecule has 1 aromatic carbocycles. The van der Waals surface area contributed by atoms with E-state index in [1.54, 1.807) is 12.3 Å². The van der Waals surface area contributed by atoms with Crippen molar-refractivity contribution in [2.45, 2.75) is 12.8 Å². The number of anilines is 1. The minimum absolute atomic E-state index is 0.0571. The number of carboxylic acids is 1. The van der Waals surface area contributed by atoms with Gasteiger partial charge in [-0.3, -0.25) is 9.78 Å². The third-order valence-electron chi connectivity index (χ3n) is 6.33. The number of amides is 1. The smallest absolute Gasteiger partial charge is 0.339 e. The quantitative estimate of drug-likeness (QED) is 0.558. The van der Waals surface area contributed by atoms with Gasteiger partial charge in [0.1, 0.15) is 11.4 Å². The van der Waals surface area contributed by atoms with E-state index in [4.69, 9.17) is 0 Å². The molecule has 0 bridgehead atoms. The molecule has 8 nitrogen and oxygen atoms in total. The molecule has 3 N–H and O–H groups in total. The van der Waals surface area contributed by atoms with Crippen LogP contribution in [0.5, 0.6) is 0 Å². The summed E-state index contributed by atoms with van der Waals surface area (Å²) in [6.07, 6.45) is 3.82. The molecule has 0 saturated carbocycles. The van der Waals surface area contributed by atoms with Crippen molar-refractivity contribution in [2.24, 2.45) is 0 Å². The first kappa shape index (κ1) is 21.2. The molecule has 0 aliphatic carbocycles. The fourth-order valence-corrected chi connectivity index (χ4v) is 4.57. The number of carbonyl (C=O) groups is 2. The molecule has 0 spiro atoms. The molecule has 3 aromatic rings. The second kappa shape index (κ2) is 9.07. The Kier molecular flexibility index (Phi) is 5.83. The Hall–Kier alpha value is -3.65. The van der Waals surface area contributed by atoms with Crippen molar-refractivity contribution in [1.29, 1.82) is 0 Å². The van der Waals surface area contributed by atoms with Crippen molar-refractivity contribution in [3.63, 3.8) is 0 Å². The maximum atomic E-state index is 12.8. The second-order valence-electron chi connectivity index (χ2n) is 8.50. The molecule has 2 saturated heterocycles. The first-order chi connectivity index (χ1) is 16.1. The van der Waals surface area contributed by atoms with Crippen molar-refractivity contribution in [3.05, 3.63) is 59.8 Å². The number of benzene rings is 1. The number of hydrogen-bond acceptors (Lipinski definition) is 5. The Labute approximate surface area is 192 Å². The van der Waals surface area contributed by atoms with E-state index in [0.717, 1.165) is 74.6 Å². The van der Waals surface area contributed by atoms with Crippen molar-refractivity contribution < 1.29 is 14.7 Å². The number of carbonyl (C=O) groups excluding carboxylic acids is 1. The summed E-state index contributed by atoms with van der Waals surface area (Å²) < 4.78 is 0. The summed E-state index contributed by atoms with van der Waals surface area (Å²) in [7, 11) is 0. The highest BCUT2D eigenvalue weighted by molar-refractivity contribution is 5.96. The number of H-pyrrole nitrogens is 1. The molecule has 5 rings (SSSR count). The highest BCUT2D eigenvalue weighted by atomic mass is 16.4. The lowest BCUT2D eigenvalue weighted by Gasteiger charge is -2.28. The van der Waals surface area contributed by atoms with Gasteiger partial charge in [0, 0.05) is 67.8 Å². The highest BCUT2D eigenvalue weighted by Gasteiger charge is 2.22. The van der Waals surface area contributed by atoms with Gasteiger partial charge in [-0.05, 0) is 43.2 Å². The number of likely N-dealkylation sites (tertiary alicyclic amines) is 1. The number of hydrogen-bond donors (Lipinski definition) is 3. The summed E-state index contributed by atoms with van der Waals surface area (Å²) in [6.45, 7) is 4.76. The van der Waals surface area contributed by atoms with Crippen LogP contribution in [0.15, 0.2) is 48.7 Å². The monoisotopic (exact) mass is 445 g/mol.